The fourth-order valence-corrected chi connectivity index (χ4v) is 3.97. The molecule has 0 saturated carbocycles. The zero-order valence-electron chi connectivity index (χ0n) is 21.3. The van der Waals surface area contributed by atoms with Crippen molar-refractivity contribution in [1.29, 1.82) is 5.41 Å². The molecule has 180 valence electrons. The maximum absolute atomic E-state index is 7.95. The highest BCUT2D eigenvalue weighted by Crippen LogP contribution is 2.13. The predicted molar refractivity (Wildman–Crippen MR) is 137 cm³/mol. The number of unbranched alkanes of at least 4 members (excludes halogenated alkanes) is 14. The number of rotatable bonds is 22. The van der Waals surface area contributed by atoms with E-state index >= 15 is 0 Å². The lowest BCUT2D eigenvalue weighted by Gasteiger charge is -2.10. The fourth-order valence-electron chi connectivity index (χ4n) is 3.97. The van der Waals surface area contributed by atoms with Crippen molar-refractivity contribution in [1.82, 2.24) is 10.6 Å². The van der Waals surface area contributed by atoms with Crippen molar-refractivity contribution in [2.75, 3.05) is 13.1 Å². The quantitative estimate of drug-likeness (QED) is 0.0929. The standard InChI is InChI=1S/C27H57N3/c1-25(2)21-17-13-9-5-7-11-15-19-23-29-27(28)30-24-20-16-12-8-6-10-14-18-22-26(3)4/h25-26H,5-24H2,1-4H3,(H3,28,29,30). The largest absolute Gasteiger partial charge is 0.357 e. The molecule has 30 heavy (non-hydrogen) atoms. The van der Waals surface area contributed by atoms with Crippen LogP contribution in [-0.4, -0.2) is 19.0 Å². The first-order chi connectivity index (χ1) is 14.5. The van der Waals surface area contributed by atoms with E-state index in [2.05, 4.69) is 38.3 Å². The summed E-state index contributed by atoms with van der Waals surface area (Å²) in [6.45, 7) is 11.2. The average Bonchev–Trinajstić information content (AvgIpc) is 2.69. The molecule has 0 aromatic carbocycles. The highest BCUT2D eigenvalue weighted by Gasteiger charge is 1.98. The summed E-state index contributed by atoms with van der Waals surface area (Å²) < 4.78 is 0. The van der Waals surface area contributed by atoms with Crippen molar-refractivity contribution in [2.24, 2.45) is 11.8 Å². The van der Waals surface area contributed by atoms with Crippen LogP contribution in [0.3, 0.4) is 0 Å². The first kappa shape index (κ1) is 29.3. The molecule has 0 radical (unpaired) electrons. The van der Waals surface area contributed by atoms with Crippen LogP contribution in [0.25, 0.3) is 0 Å². The Balaban J connectivity index is 3.17. The van der Waals surface area contributed by atoms with Gasteiger partial charge >= 0.3 is 0 Å². The van der Waals surface area contributed by atoms with Gasteiger partial charge in [0.1, 0.15) is 0 Å². The van der Waals surface area contributed by atoms with E-state index in [1.54, 1.807) is 0 Å². The smallest absolute Gasteiger partial charge is 0.188 e. The number of hydrogen-bond donors (Lipinski definition) is 3. The molecule has 0 heterocycles. The van der Waals surface area contributed by atoms with Crippen LogP contribution in [0, 0.1) is 17.2 Å². The van der Waals surface area contributed by atoms with Gasteiger partial charge in [-0.15, -0.1) is 0 Å². The van der Waals surface area contributed by atoms with Gasteiger partial charge in [-0.2, -0.15) is 0 Å². The molecule has 0 fully saturated rings. The van der Waals surface area contributed by atoms with Crippen LogP contribution in [0.1, 0.15) is 143 Å². The molecule has 0 atom stereocenters. The molecular weight excluding hydrogens is 366 g/mol. The van der Waals surface area contributed by atoms with Gasteiger partial charge in [0.15, 0.2) is 5.96 Å². The second-order valence-corrected chi connectivity index (χ2v) is 10.3. The predicted octanol–water partition coefficient (Wildman–Crippen LogP) is 8.43. The lowest BCUT2D eigenvalue weighted by molar-refractivity contribution is 0.506. The molecule has 0 aromatic rings. The van der Waals surface area contributed by atoms with E-state index in [0.29, 0.717) is 5.96 Å². The van der Waals surface area contributed by atoms with Crippen LogP contribution in [0.2, 0.25) is 0 Å². The summed E-state index contributed by atoms with van der Waals surface area (Å²) >= 11 is 0. The molecule has 0 rings (SSSR count). The average molecular weight is 424 g/mol. The summed E-state index contributed by atoms with van der Waals surface area (Å²) in [5, 5.41) is 14.4. The summed E-state index contributed by atoms with van der Waals surface area (Å²) in [5.74, 6) is 2.25. The zero-order chi connectivity index (χ0) is 22.3. The fraction of sp³-hybridized carbons (Fsp3) is 0.963. The molecule has 3 nitrogen and oxygen atoms in total. The van der Waals surface area contributed by atoms with E-state index in [1.165, 1.54) is 116 Å². The number of hydrogen-bond acceptors (Lipinski definition) is 1. The molecule has 0 aliphatic rings. The maximum Gasteiger partial charge on any atom is 0.188 e. The van der Waals surface area contributed by atoms with Crippen LogP contribution < -0.4 is 10.6 Å². The summed E-state index contributed by atoms with van der Waals surface area (Å²) in [5.41, 5.74) is 0. The van der Waals surface area contributed by atoms with Crippen LogP contribution in [0.4, 0.5) is 0 Å². The topological polar surface area (TPSA) is 47.9 Å². The molecule has 0 bridgehead atoms. The van der Waals surface area contributed by atoms with Gasteiger partial charge in [0, 0.05) is 13.1 Å². The second-order valence-electron chi connectivity index (χ2n) is 10.3. The zero-order valence-corrected chi connectivity index (χ0v) is 21.3. The Hall–Kier alpha value is -0.730. The Labute approximate surface area is 190 Å². The molecule has 0 unspecified atom stereocenters. The number of guanidine groups is 1. The van der Waals surface area contributed by atoms with Crippen LogP contribution >= 0.6 is 0 Å². The second kappa shape index (κ2) is 22.9. The lowest BCUT2D eigenvalue weighted by Crippen LogP contribution is -2.37. The molecular formula is C27H57N3. The van der Waals surface area contributed by atoms with Gasteiger partial charge in [-0.25, -0.2) is 0 Å². The Morgan fingerprint density at radius 2 is 0.733 bits per heavy atom. The monoisotopic (exact) mass is 423 g/mol. The first-order valence-electron chi connectivity index (χ1n) is 13.6. The van der Waals surface area contributed by atoms with Crippen molar-refractivity contribution in [3.05, 3.63) is 0 Å². The van der Waals surface area contributed by atoms with Crippen LogP contribution in [0.15, 0.2) is 0 Å². The summed E-state index contributed by atoms with van der Waals surface area (Å²) in [6, 6.07) is 0. The Morgan fingerprint density at radius 3 is 1.03 bits per heavy atom. The van der Waals surface area contributed by atoms with E-state index in [9.17, 15) is 0 Å². The van der Waals surface area contributed by atoms with Crippen molar-refractivity contribution >= 4 is 5.96 Å². The third-order valence-corrected chi connectivity index (χ3v) is 6.02. The minimum Gasteiger partial charge on any atom is -0.357 e. The molecule has 0 aromatic heterocycles. The third-order valence-electron chi connectivity index (χ3n) is 6.02. The van der Waals surface area contributed by atoms with Gasteiger partial charge < -0.3 is 10.6 Å². The van der Waals surface area contributed by atoms with Gasteiger partial charge in [-0.3, -0.25) is 5.41 Å². The molecule has 3 N–H and O–H groups in total. The minimum atomic E-state index is 0.519. The van der Waals surface area contributed by atoms with Crippen LogP contribution in [-0.2, 0) is 0 Å². The van der Waals surface area contributed by atoms with E-state index in [0.717, 1.165) is 24.9 Å². The van der Waals surface area contributed by atoms with E-state index in [1.807, 2.05) is 0 Å². The van der Waals surface area contributed by atoms with Gasteiger partial charge in [0.05, 0.1) is 0 Å². The summed E-state index contributed by atoms with van der Waals surface area (Å²) in [7, 11) is 0. The molecule has 0 spiro atoms. The number of nitrogens with one attached hydrogen (secondary N) is 3. The maximum atomic E-state index is 7.95. The molecule has 0 amide bonds. The van der Waals surface area contributed by atoms with Gasteiger partial charge in [-0.05, 0) is 24.7 Å². The Morgan fingerprint density at radius 1 is 0.467 bits per heavy atom. The Bertz CT molecular complexity index is 320. The molecule has 0 aliphatic carbocycles. The van der Waals surface area contributed by atoms with Gasteiger partial charge in [-0.1, -0.05) is 130 Å². The summed E-state index contributed by atoms with van der Waals surface area (Å²) in [4.78, 5) is 0. The molecule has 0 saturated heterocycles. The first-order valence-corrected chi connectivity index (χ1v) is 13.6. The van der Waals surface area contributed by atoms with E-state index in [4.69, 9.17) is 5.41 Å². The highest BCUT2D eigenvalue weighted by molar-refractivity contribution is 5.76. The van der Waals surface area contributed by atoms with Gasteiger partial charge in [0.2, 0.25) is 0 Å². The third kappa shape index (κ3) is 25.3. The van der Waals surface area contributed by atoms with Crippen LogP contribution in [0.5, 0.6) is 0 Å². The molecule has 3 heteroatoms. The molecule has 0 aliphatic heterocycles. The highest BCUT2D eigenvalue weighted by atomic mass is 15.1. The minimum absolute atomic E-state index is 0.519. The van der Waals surface area contributed by atoms with Crippen molar-refractivity contribution in [3.8, 4) is 0 Å². The summed E-state index contributed by atoms with van der Waals surface area (Å²) in [6.07, 6.45) is 24.5. The normalized spacial score (nSPS) is 11.4. The van der Waals surface area contributed by atoms with Gasteiger partial charge in [0.25, 0.3) is 0 Å². The SMILES string of the molecule is CC(C)CCCCCCCCCCNC(=N)NCCCCCCCCCCC(C)C. The van der Waals surface area contributed by atoms with Crippen molar-refractivity contribution in [3.63, 3.8) is 0 Å². The van der Waals surface area contributed by atoms with Crippen molar-refractivity contribution in [2.45, 2.75) is 143 Å². The lowest BCUT2D eigenvalue weighted by atomic mass is 10.0. The van der Waals surface area contributed by atoms with E-state index in [-0.39, 0.29) is 0 Å². The van der Waals surface area contributed by atoms with Crippen molar-refractivity contribution < 1.29 is 0 Å². The Kier molecular flexibility index (Phi) is 22.4. The van der Waals surface area contributed by atoms with E-state index < -0.39 is 0 Å².